The number of halogens is 1. The fourth-order valence-corrected chi connectivity index (χ4v) is 2.85. The molecule has 5 nitrogen and oxygen atoms in total. The number of ether oxygens (including phenoxy) is 1. The molecular weight excluding hydrogens is 323 g/mol. The van der Waals surface area contributed by atoms with E-state index >= 15 is 0 Å². The molecule has 1 atom stereocenters. The summed E-state index contributed by atoms with van der Waals surface area (Å²) in [5.41, 5.74) is 0.704. The van der Waals surface area contributed by atoms with Crippen molar-refractivity contribution in [2.24, 2.45) is 0 Å². The Morgan fingerprint density at radius 2 is 2.08 bits per heavy atom. The lowest BCUT2D eigenvalue weighted by Gasteiger charge is -2.22. The van der Waals surface area contributed by atoms with Crippen molar-refractivity contribution in [3.63, 3.8) is 0 Å². The Hall–Kier alpha value is -2.37. The van der Waals surface area contributed by atoms with Crippen LogP contribution in [0, 0.1) is 12.7 Å². The molecule has 0 aliphatic carbocycles. The first kappa shape index (κ1) is 19.0. The van der Waals surface area contributed by atoms with Crippen LogP contribution in [0.4, 0.5) is 9.18 Å². The molecule has 2 rings (SSSR count). The van der Waals surface area contributed by atoms with Gasteiger partial charge in [0, 0.05) is 13.1 Å². The molecule has 2 amide bonds. The third-order valence-electron chi connectivity index (χ3n) is 3.96. The maximum absolute atomic E-state index is 14.3. The third kappa shape index (κ3) is 4.81. The van der Waals surface area contributed by atoms with Gasteiger partial charge < -0.3 is 15.0 Å². The highest BCUT2D eigenvalue weighted by molar-refractivity contribution is 5.96. The first-order valence-electron chi connectivity index (χ1n) is 8.32. The molecule has 0 radical (unpaired) electrons. The minimum atomic E-state index is -0.578. The van der Waals surface area contributed by atoms with Crippen LogP contribution >= 0.6 is 0 Å². The molecular formula is C19H25FN2O3. The highest BCUT2D eigenvalue weighted by atomic mass is 19.1. The highest BCUT2D eigenvalue weighted by Crippen LogP contribution is 2.21. The third-order valence-corrected chi connectivity index (χ3v) is 3.96. The van der Waals surface area contributed by atoms with Gasteiger partial charge in [-0.25, -0.2) is 9.18 Å². The lowest BCUT2D eigenvalue weighted by Crippen LogP contribution is -2.41. The summed E-state index contributed by atoms with van der Waals surface area (Å²) in [4.78, 5) is 26.1. The number of carbonyl (C=O) groups excluding carboxylic acids is 2. The Morgan fingerprint density at radius 3 is 2.64 bits per heavy atom. The van der Waals surface area contributed by atoms with E-state index in [1.165, 1.54) is 6.07 Å². The van der Waals surface area contributed by atoms with Gasteiger partial charge in [-0.15, -0.1) is 0 Å². The molecule has 1 aliphatic rings. The van der Waals surface area contributed by atoms with E-state index in [0.29, 0.717) is 30.6 Å². The largest absolute Gasteiger partial charge is 0.444 e. The normalized spacial score (nSPS) is 17.3. The van der Waals surface area contributed by atoms with Gasteiger partial charge in [0.1, 0.15) is 11.4 Å². The summed E-state index contributed by atoms with van der Waals surface area (Å²) in [5, 5.41) is 2.76. The number of hydrogen-bond donors (Lipinski definition) is 1. The Balaban J connectivity index is 2.04. The number of likely N-dealkylation sites (tertiary alicyclic amines) is 1. The summed E-state index contributed by atoms with van der Waals surface area (Å²) < 4.78 is 19.5. The topological polar surface area (TPSA) is 58.6 Å². The van der Waals surface area contributed by atoms with E-state index in [-0.39, 0.29) is 17.5 Å². The van der Waals surface area contributed by atoms with Crippen molar-refractivity contribution in [2.75, 3.05) is 13.1 Å². The maximum Gasteiger partial charge on any atom is 0.407 e. The SMILES string of the molecule is C=Cc1cc(C)c(C(=O)N2CCC(NC(=O)OC(C)(C)C)C2)c(F)c1. The molecule has 0 aromatic heterocycles. The lowest BCUT2D eigenvalue weighted by molar-refractivity contribution is 0.0502. The summed E-state index contributed by atoms with van der Waals surface area (Å²) in [6.07, 6.45) is 1.64. The van der Waals surface area contributed by atoms with Crippen LogP contribution in [0.5, 0.6) is 0 Å². The Morgan fingerprint density at radius 1 is 1.40 bits per heavy atom. The van der Waals surface area contributed by atoms with Gasteiger partial charge in [-0.2, -0.15) is 0 Å². The Bertz CT molecular complexity index is 671. The fraction of sp³-hybridized carbons (Fsp3) is 0.474. The van der Waals surface area contributed by atoms with Crippen molar-refractivity contribution in [2.45, 2.75) is 45.8 Å². The molecule has 1 aromatic rings. The zero-order valence-electron chi connectivity index (χ0n) is 15.2. The number of benzene rings is 1. The van der Waals surface area contributed by atoms with Gasteiger partial charge in [-0.05, 0) is 51.3 Å². The van der Waals surface area contributed by atoms with Crippen molar-refractivity contribution in [3.8, 4) is 0 Å². The van der Waals surface area contributed by atoms with Gasteiger partial charge in [0.25, 0.3) is 5.91 Å². The van der Waals surface area contributed by atoms with E-state index in [9.17, 15) is 14.0 Å². The van der Waals surface area contributed by atoms with E-state index in [4.69, 9.17) is 4.74 Å². The van der Waals surface area contributed by atoms with Crippen LogP contribution < -0.4 is 5.32 Å². The molecule has 0 bridgehead atoms. The van der Waals surface area contributed by atoms with Gasteiger partial charge in [-0.3, -0.25) is 4.79 Å². The molecule has 1 aliphatic heterocycles. The van der Waals surface area contributed by atoms with Crippen LogP contribution in [-0.2, 0) is 4.74 Å². The Kier molecular flexibility index (Phi) is 5.50. The van der Waals surface area contributed by atoms with E-state index in [1.54, 1.807) is 44.7 Å². The zero-order valence-corrected chi connectivity index (χ0v) is 15.2. The molecule has 1 fully saturated rings. The van der Waals surface area contributed by atoms with E-state index in [0.717, 1.165) is 0 Å². The number of amides is 2. The summed E-state index contributed by atoms with van der Waals surface area (Å²) in [6, 6.07) is 2.84. The van der Waals surface area contributed by atoms with Gasteiger partial charge in [0.05, 0.1) is 11.6 Å². The van der Waals surface area contributed by atoms with Crippen LogP contribution in [0.25, 0.3) is 6.08 Å². The van der Waals surface area contributed by atoms with Crippen LogP contribution in [0.15, 0.2) is 18.7 Å². The number of nitrogens with one attached hydrogen (secondary N) is 1. The van der Waals surface area contributed by atoms with Crippen LogP contribution in [-0.4, -0.2) is 41.6 Å². The quantitative estimate of drug-likeness (QED) is 0.909. The number of nitrogens with zero attached hydrogens (tertiary/aromatic N) is 1. The monoisotopic (exact) mass is 348 g/mol. The minimum absolute atomic E-state index is 0.0727. The Labute approximate surface area is 147 Å². The first-order chi connectivity index (χ1) is 11.6. The molecule has 1 saturated heterocycles. The smallest absolute Gasteiger partial charge is 0.407 e. The second kappa shape index (κ2) is 7.25. The molecule has 136 valence electrons. The summed E-state index contributed by atoms with van der Waals surface area (Å²) in [6.45, 7) is 11.5. The van der Waals surface area contributed by atoms with Gasteiger partial charge in [-0.1, -0.05) is 18.7 Å². The minimum Gasteiger partial charge on any atom is -0.444 e. The summed E-state index contributed by atoms with van der Waals surface area (Å²) in [5.74, 6) is -0.914. The molecule has 1 heterocycles. The maximum atomic E-state index is 14.3. The molecule has 1 N–H and O–H groups in total. The predicted octanol–water partition coefficient (Wildman–Crippen LogP) is 3.52. The molecule has 0 spiro atoms. The molecule has 1 aromatic carbocycles. The fourth-order valence-electron chi connectivity index (χ4n) is 2.85. The second-order valence-corrected chi connectivity index (χ2v) is 7.28. The summed E-state index contributed by atoms with van der Waals surface area (Å²) in [7, 11) is 0. The van der Waals surface area contributed by atoms with E-state index in [1.807, 2.05) is 0 Å². The molecule has 25 heavy (non-hydrogen) atoms. The second-order valence-electron chi connectivity index (χ2n) is 7.28. The van der Waals surface area contributed by atoms with Crippen molar-refractivity contribution in [1.29, 1.82) is 0 Å². The number of alkyl carbamates (subject to hydrolysis) is 1. The van der Waals surface area contributed by atoms with E-state index < -0.39 is 17.5 Å². The average Bonchev–Trinajstić information content (AvgIpc) is 2.92. The van der Waals surface area contributed by atoms with Gasteiger partial charge in [0.2, 0.25) is 0 Å². The van der Waals surface area contributed by atoms with Crippen LogP contribution in [0.3, 0.4) is 0 Å². The van der Waals surface area contributed by atoms with Crippen molar-refractivity contribution in [1.82, 2.24) is 10.2 Å². The van der Waals surface area contributed by atoms with Gasteiger partial charge >= 0.3 is 6.09 Å². The first-order valence-corrected chi connectivity index (χ1v) is 8.32. The molecule has 0 saturated carbocycles. The lowest BCUT2D eigenvalue weighted by atomic mass is 10.0. The van der Waals surface area contributed by atoms with Crippen molar-refractivity contribution in [3.05, 3.63) is 41.2 Å². The predicted molar refractivity (Wildman–Crippen MR) is 94.9 cm³/mol. The van der Waals surface area contributed by atoms with Crippen LogP contribution in [0.2, 0.25) is 0 Å². The van der Waals surface area contributed by atoms with Crippen LogP contribution in [0.1, 0.15) is 48.7 Å². The number of aryl methyl sites for hydroxylation is 1. The standard InChI is InChI=1S/C19H25FN2O3/c1-6-13-9-12(2)16(15(20)10-13)17(23)22-8-7-14(11-22)21-18(24)25-19(3,4)5/h6,9-10,14H,1,7-8,11H2,2-5H3,(H,21,24). The highest BCUT2D eigenvalue weighted by Gasteiger charge is 2.31. The zero-order chi connectivity index (χ0) is 18.8. The molecule has 6 heteroatoms. The summed E-state index contributed by atoms with van der Waals surface area (Å²) >= 11 is 0. The van der Waals surface area contributed by atoms with Crippen molar-refractivity contribution >= 4 is 18.1 Å². The number of hydrogen-bond acceptors (Lipinski definition) is 3. The average molecular weight is 348 g/mol. The number of rotatable bonds is 3. The van der Waals surface area contributed by atoms with E-state index in [2.05, 4.69) is 11.9 Å². The van der Waals surface area contributed by atoms with Gasteiger partial charge in [0.15, 0.2) is 0 Å². The van der Waals surface area contributed by atoms with Crippen molar-refractivity contribution < 1.29 is 18.7 Å². The number of carbonyl (C=O) groups is 2. The molecule has 1 unspecified atom stereocenters.